The third-order valence-corrected chi connectivity index (χ3v) is 4.34. The Kier molecular flexibility index (Phi) is 4.83. The Morgan fingerprint density at radius 3 is 2.84 bits per heavy atom. The van der Waals surface area contributed by atoms with Crippen molar-refractivity contribution in [2.24, 2.45) is 11.7 Å². The lowest BCUT2D eigenvalue weighted by atomic mass is 9.94. The van der Waals surface area contributed by atoms with Gasteiger partial charge in [-0.3, -0.25) is 4.79 Å². The largest absolute Gasteiger partial charge is 0.327 e. The number of amides is 1. The van der Waals surface area contributed by atoms with Crippen LogP contribution in [0.15, 0.2) is 18.2 Å². The first-order chi connectivity index (χ1) is 9.09. The molecule has 1 aliphatic rings. The average molecular weight is 281 g/mol. The quantitative estimate of drug-likeness (QED) is 0.815. The Hall–Kier alpha value is -1.06. The van der Waals surface area contributed by atoms with Gasteiger partial charge in [0.05, 0.1) is 5.92 Å². The van der Waals surface area contributed by atoms with Gasteiger partial charge >= 0.3 is 0 Å². The molecule has 1 fully saturated rings. The van der Waals surface area contributed by atoms with Gasteiger partial charge in [-0.2, -0.15) is 0 Å². The Balaban J connectivity index is 2.09. The molecule has 0 aromatic heterocycles. The average Bonchev–Trinajstić information content (AvgIpc) is 2.59. The maximum Gasteiger partial charge on any atom is 0.229 e. The van der Waals surface area contributed by atoms with Gasteiger partial charge in [0.25, 0.3) is 0 Å². The summed E-state index contributed by atoms with van der Waals surface area (Å²) < 4.78 is 0. The fourth-order valence-corrected chi connectivity index (χ4v) is 2.80. The number of nitrogens with two attached hydrogens (primary N) is 1. The second-order valence-corrected chi connectivity index (χ2v) is 5.72. The van der Waals surface area contributed by atoms with Crippen molar-refractivity contribution in [3.63, 3.8) is 0 Å². The molecule has 3 nitrogen and oxygen atoms in total. The SMILES string of the molecule is Cc1c(Cl)cccc1NC(=O)C1CCCCCC1N. The summed E-state index contributed by atoms with van der Waals surface area (Å²) >= 11 is 6.06. The lowest BCUT2D eigenvalue weighted by Crippen LogP contribution is -2.37. The topological polar surface area (TPSA) is 55.1 Å². The van der Waals surface area contributed by atoms with E-state index in [0.29, 0.717) is 5.02 Å². The van der Waals surface area contributed by atoms with Crippen LogP contribution in [0.4, 0.5) is 5.69 Å². The lowest BCUT2D eigenvalue weighted by Gasteiger charge is -2.21. The first-order valence-electron chi connectivity index (χ1n) is 6.91. The van der Waals surface area contributed by atoms with Gasteiger partial charge in [-0.1, -0.05) is 36.9 Å². The lowest BCUT2D eigenvalue weighted by molar-refractivity contribution is -0.120. The Morgan fingerprint density at radius 1 is 1.32 bits per heavy atom. The van der Waals surface area contributed by atoms with Crippen LogP contribution in [-0.4, -0.2) is 11.9 Å². The van der Waals surface area contributed by atoms with Crippen molar-refractivity contribution in [3.8, 4) is 0 Å². The molecular weight excluding hydrogens is 260 g/mol. The maximum atomic E-state index is 12.4. The van der Waals surface area contributed by atoms with E-state index >= 15 is 0 Å². The van der Waals surface area contributed by atoms with Gasteiger partial charge in [-0.25, -0.2) is 0 Å². The third-order valence-electron chi connectivity index (χ3n) is 3.93. The summed E-state index contributed by atoms with van der Waals surface area (Å²) in [5.41, 5.74) is 7.80. The summed E-state index contributed by atoms with van der Waals surface area (Å²) in [4.78, 5) is 12.4. The minimum Gasteiger partial charge on any atom is -0.327 e. The summed E-state index contributed by atoms with van der Waals surface area (Å²) in [6.45, 7) is 1.91. The van der Waals surface area contributed by atoms with Crippen molar-refractivity contribution in [1.29, 1.82) is 0 Å². The minimum atomic E-state index is -0.0825. The van der Waals surface area contributed by atoms with E-state index in [0.717, 1.165) is 36.9 Å². The van der Waals surface area contributed by atoms with E-state index in [-0.39, 0.29) is 17.9 Å². The summed E-state index contributed by atoms with van der Waals surface area (Å²) in [5, 5.41) is 3.64. The zero-order valence-electron chi connectivity index (χ0n) is 11.3. The van der Waals surface area contributed by atoms with Crippen LogP contribution in [0.2, 0.25) is 5.02 Å². The second kappa shape index (κ2) is 6.40. The van der Waals surface area contributed by atoms with E-state index in [1.165, 1.54) is 6.42 Å². The zero-order valence-corrected chi connectivity index (χ0v) is 12.0. The van der Waals surface area contributed by atoms with E-state index in [1.54, 1.807) is 0 Å². The van der Waals surface area contributed by atoms with Crippen molar-refractivity contribution in [3.05, 3.63) is 28.8 Å². The molecule has 0 radical (unpaired) electrons. The summed E-state index contributed by atoms with van der Waals surface area (Å²) in [6, 6.07) is 5.52. The van der Waals surface area contributed by atoms with Gasteiger partial charge in [0.1, 0.15) is 0 Å². The van der Waals surface area contributed by atoms with Crippen LogP contribution in [0.25, 0.3) is 0 Å². The molecule has 0 bridgehead atoms. The molecule has 1 aliphatic carbocycles. The monoisotopic (exact) mass is 280 g/mol. The van der Waals surface area contributed by atoms with Gasteiger partial charge in [0, 0.05) is 16.8 Å². The van der Waals surface area contributed by atoms with Gasteiger partial charge in [-0.15, -0.1) is 0 Å². The maximum absolute atomic E-state index is 12.4. The highest BCUT2D eigenvalue weighted by Gasteiger charge is 2.27. The number of halogens is 1. The number of benzene rings is 1. The van der Waals surface area contributed by atoms with E-state index in [4.69, 9.17) is 17.3 Å². The summed E-state index contributed by atoms with van der Waals surface area (Å²) in [7, 11) is 0. The number of rotatable bonds is 2. The molecule has 1 saturated carbocycles. The first-order valence-corrected chi connectivity index (χ1v) is 7.29. The van der Waals surface area contributed by atoms with Crippen LogP contribution in [-0.2, 0) is 4.79 Å². The van der Waals surface area contributed by atoms with Crippen LogP contribution in [0, 0.1) is 12.8 Å². The molecule has 0 spiro atoms. The van der Waals surface area contributed by atoms with Crippen molar-refractivity contribution >= 4 is 23.2 Å². The number of carbonyl (C=O) groups excluding carboxylic acids is 1. The van der Waals surface area contributed by atoms with Crippen LogP contribution in [0.1, 0.15) is 37.7 Å². The number of nitrogens with one attached hydrogen (secondary N) is 1. The van der Waals surface area contributed by atoms with Crippen LogP contribution < -0.4 is 11.1 Å². The minimum absolute atomic E-state index is 0.0259. The predicted molar refractivity (Wildman–Crippen MR) is 79.4 cm³/mol. The normalized spacial score (nSPS) is 23.7. The Morgan fingerprint density at radius 2 is 2.05 bits per heavy atom. The zero-order chi connectivity index (χ0) is 13.8. The van der Waals surface area contributed by atoms with E-state index < -0.39 is 0 Å². The number of anilines is 1. The molecule has 1 aromatic rings. The molecule has 2 atom stereocenters. The van der Waals surface area contributed by atoms with Gasteiger partial charge < -0.3 is 11.1 Å². The van der Waals surface area contributed by atoms with E-state index in [2.05, 4.69) is 5.32 Å². The number of hydrogen-bond donors (Lipinski definition) is 2. The molecule has 0 aliphatic heterocycles. The van der Waals surface area contributed by atoms with Crippen molar-refractivity contribution in [1.82, 2.24) is 0 Å². The fraction of sp³-hybridized carbons (Fsp3) is 0.533. The van der Waals surface area contributed by atoms with Crippen LogP contribution in [0.3, 0.4) is 0 Å². The fourth-order valence-electron chi connectivity index (χ4n) is 2.63. The van der Waals surface area contributed by atoms with Crippen LogP contribution >= 0.6 is 11.6 Å². The molecule has 2 unspecified atom stereocenters. The summed E-state index contributed by atoms with van der Waals surface area (Å²) in [6.07, 6.45) is 5.20. The standard InChI is InChI=1S/C15H21ClN2O/c1-10-12(16)7-5-9-14(10)18-15(19)11-6-3-2-4-8-13(11)17/h5,7,9,11,13H,2-4,6,8,17H2,1H3,(H,18,19). The van der Waals surface area contributed by atoms with Gasteiger partial charge in [0.2, 0.25) is 5.91 Å². The summed E-state index contributed by atoms with van der Waals surface area (Å²) in [5.74, 6) is -0.0550. The highest BCUT2D eigenvalue weighted by Crippen LogP contribution is 2.26. The highest BCUT2D eigenvalue weighted by molar-refractivity contribution is 6.31. The molecule has 19 heavy (non-hydrogen) atoms. The molecule has 1 aromatic carbocycles. The Labute approximate surface area is 119 Å². The van der Waals surface area contributed by atoms with Gasteiger partial charge in [-0.05, 0) is 37.5 Å². The predicted octanol–water partition coefficient (Wildman–Crippen LogP) is 3.49. The molecule has 0 heterocycles. The molecule has 2 rings (SSSR count). The molecule has 4 heteroatoms. The molecule has 3 N–H and O–H groups in total. The van der Waals surface area contributed by atoms with E-state index in [1.807, 2.05) is 25.1 Å². The smallest absolute Gasteiger partial charge is 0.229 e. The number of carbonyl (C=O) groups is 1. The van der Waals surface area contributed by atoms with Crippen molar-refractivity contribution < 1.29 is 4.79 Å². The Bertz CT molecular complexity index is 461. The van der Waals surface area contributed by atoms with Crippen LogP contribution in [0.5, 0.6) is 0 Å². The third kappa shape index (κ3) is 3.48. The van der Waals surface area contributed by atoms with Crippen molar-refractivity contribution in [2.75, 3.05) is 5.32 Å². The second-order valence-electron chi connectivity index (χ2n) is 5.31. The first kappa shape index (κ1) is 14.4. The molecule has 104 valence electrons. The molecular formula is C15H21ClN2O. The van der Waals surface area contributed by atoms with E-state index in [9.17, 15) is 4.79 Å². The molecule has 1 amide bonds. The number of hydrogen-bond acceptors (Lipinski definition) is 2. The highest BCUT2D eigenvalue weighted by atomic mass is 35.5. The van der Waals surface area contributed by atoms with Gasteiger partial charge in [0.15, 0.2) is 0 Å². The van der Waals surface area contributed by atoms with Crippen molar-refractivity contribution in [2.45, 2.75) is 45.1 Å². The molecule has 0 saturated heterocycles.